The normalized spacial score (nSPS) is 10.7. The van der Waals surface area contributed by atoms with Gasteiger partial charge in [-0.3, -0.25) is 0 Å². The lowest BCUT2D eigenvalue weighted by molar-refractivity contribution is 0.573. The van der Waals surface area contributed by atoms with E-state index in [1.54, 1.807) is 18.0 Å². The average Bonchev–Trinajstić information content (AvgIpc) is 2.96. The van der Waals surface area contributed by atoms with Gasteiger partial charge in [0.05, 0.1) is 5.69 Å². The van der Waals surface area contributed by atoms with Gasteiger partial charge >= 0.3 is 0 Å². The number of nitrogens with two attached hydrogens (primary N) is 1. The van der Waals surface area contributed by atoms with E-state index in [4.69, 9.17) is 10.2 Å². The topological polar surface area (TPSA) is 52.0 Å². The van der Waals surface area contributed by atoms with Crippen LogP contribution >= 0.6 is 27.7 Å². The molecule has 0 amide bonds. The molecule has 0 fully saturated rings. The minimum atomic E-state index is 0.648. The van der Waals surface area contributed by atoms with Gasteiger partial charge in [0.2, 0.25) is 5.89 Å². The molecule has 0 radical (unpaired) electrons. The summed E-state index contributed by atoms with van der Waals surface area (Å²) >= 11 is 5.05. The highest BCUT2D eigenvalue weighted by Crippen LogP contribution is 2.30. The van der Waals surface area contributed by atoms with E-state index in [2.05, 4.69) is 20.9 Å². The van der Waals surface area contributed by atoms with Crippen LogP contribution in [0.4, 0.5) is 5.69 Å². The average molecular weight is 361 g/mol. The Kier molecular flexibility index (Phi) is 4.31. The number of anilines is 1. The highest BCUT2D eigenvalue weighted by molar-refractivity contribution is 9.10. The minimum absolute atomic E-state index is 0.648. The van der Waals surface area contributed by atoms with Gasteiger partial charge in [0.15, 0.2) is 0 Å². The molecule has 2 aromatic carbocycles. The number of nitrogen functional groups attached to an aromatic ring is 1. The van der Waals surface area contributed by atoms with Gasteiger partial charge in [0.25, 0.3) is 0 Å². The standard InChI is InChI=1S/C16H13BrN2OS/c17-12-6-7-15(14(18)8-12)21-10-13-9-20-16(19-13)11-4-2-1-3-5-11/h1-9H,10,18H2. The molecule has 1 heterocycles. The lowest BCUT2D eigenvalue weighted by Gasteiger charge is -2.04. The van der Waals surface area contributed by atoms with Gasteiger partial charge < -0.3 is 10.2 Å². The molecule has 3 nitrogen and oxygen atoms in total. The summed E-state index contributed by atoms with van der Waals surface area (Å²) in [6, 6.07) is 15.8. The van der Waals surface area contributed by atoms with Gasteiger partial charge in [-0.05, 0) is 30.3 Å². The Labute approximate surface area is 135 Å². The van der Waals surface area contributed by atoms with Crippen molar-refractivity contribution in [1.82, 2.24) is 4.98 Å². The molecule has 0 bridgehead atoms. The van der Waals surface area contributed by atoms with E-state index in [-0.39, 0.29) is 0 Å². The molecule has 2 N–H and O–H groups in total. The Morgan fingerprint density at radius 2 is 1.95 bits per heavy atom. The molecule has 3 aromatic rings. The monoisotopic (exact) mass is 360 g/mol. The third-order valence-electron chi connectivity index (χ3n) is 2.92. The molecule has 0 atom stereocenters. The van der Waals surface area contributed by atoms with Crippen molar-refractivity contribution < 1.29 is 4.42 Å². The number of benzene rings is 2. The Bertz CT molecular complexity index is 743. The summed E-state index contributed by atoms with van der Waals surface area (Å²) in [4.78, 5) is 5.55. The molecule has 106 valence electrons. The Balaban J connectivity index is 1.70. The second-order valence-corrected chi connectivity index (χ2v) is 6.41. The maximum atomic E-state index is 5.99. The number of halogens is 1. The third kappa shape index (κ3) is 3.49. The molecule has 3 rings (SSSR count). The van der Waals surface area contributed by atoms with Crippen LogP contribution in [0.3, 0.4) is 0 Å². The smallest absolute Gasteiger partial charge is 0.226 e. The summed E-state index contributed by atoms with van der Waals surface area (Å²) in [5.41, 5.74) is 8.64. The van der Waals surface area contributed by atoms with E-state index < -0.39 is 0 Å². The van der Waals surface area contributed by atoms with Crippen molar-refractivity contribution in [3.05, 3.63) is 65.0 Å². The number of nitrogens with zero attached hydrogens (tertiary/aromatic N) is 1. The summed E-state index contributed by atoms with van der Waals surface area (Å²) in [6.45, 7) is 0. The zero-order valence-electron chi connectivity index (χ0n) is 11.1. The van der Waals surface area contributed by atoms with Crippen molar-refractivity contribution in [2.45, 2.75) is 10.6 Å². The number of hydrogen-bond acceptors (Lipinski definition) is 4. The highest BCUT2D eigenvalue weighted by Gasteiger charge is 2.08. The summed E-state index contributed by atoms with van der Waals surface area (Å²) in [7, 11) is 0. The molecule has 0 spiro atoms. The lowest BCUT2D eigenvalue weighted by Crippen LogP contribution is -1.89. The zero-order valence-corrected chi connectivity index (χ0v) is 13.5. The van der Waals surface area contributed by atoms with Crippen molar-refractivity contribution in [2.24, 2.45) is 0 Å². The quantitative estimate of drug-likeness (QED) is 0.526. The molecule has 0 unspecified atom stereocenters. The summed E-state index contributed by atoms with van der Waals surface area (Å²) in [5, 5.41) is 0. The highest BCUT2D eigenvalue weighted by atomic mass is 79.9. The predicted molar refractivity (Wildman–Crippen MR) is 90.1 cm³/mol. The molecule has 0 saturated heterocycles. The number of oxazole rings is 1. The number of rotatable bonds is 4. The fourth-order valence-corrected chi connectivity index (χ4v) is 3.09. The number of hydrogen-bond donors (Lipinski definition) is 1. The molecule has 0 saturated carbocycles. The molecular formula is C16H13BrN2OS. The van der Waals surface area contributed by atoms with Crippen LogP contribution in [0, 0.1) is 0 Å². The third-order valence-corrected chi connectivity index (χ3v) is 4.54. The second kappa shape index (κ2) is 6.37. The second-order valence-electron chi connectivity index (χ2n) is 4.48. The van der Waals surface area contributed by atoms with E-state index in [0.29, 0.717) is 5.89 Å². The molecule has 5 heteroatoms. The Morgan fingerprint density at radius 3 is 2.71 bits per heavy atom. The fraction of sp³-hybridized carbons (Fsp3) is 0.0625. The number of aromatic nitrogens is 1. The van der Waals surface area contributed by atoms with Gasteiger partial charge in [-0.1, -0.05) is 34.1 Å². The predicted octanol–water partition coefficient (Wildman–Crippen LogP) is 4.98. The first-order valence-electron chi connectivity index (χ1n) is 6.40. The summed E-state index contributed by atoms with van der Waals surface area (Å²) in [6.07, 6.45) is 1.70. The SMILES string of the molecule is Nc1cc(Br)ccc1SCc1coc(-c2ccccc2)n1. The van der Waals surface area contributed by atoms with Crippen LogP contribution in [-0.2, 0) is 5.75 Å². The van der Waals surface area contributed by atoms with Crippen LogP contribution in [0.2, 0.25) is 0 Å². The molecule has 0 aliphatic heterocycles. The van der Waals surface area contributed by atoms with E-state index in [9.17, 15) is 0 Å². The molecule has 0 aliphatic rings. The van der Waals surface area contributed by atoms with E-state index >= 15 is 0 Å². The van der Waals surface area contributed by atoms with Crippen LogP contribution in [0.25, 0.3) is 11.5 Å². The van der Waals surface area contributed by atoms with Crippen LogP contribution in [0.1, 0.15) is 5.69 Å². The van der Waals surface area contributed by atoms with Gasteiger partial charge in [0, 0.05) is 26.4 Å². The summed E-state index contributed by atoms with van der Waals surface area (Å²) < 4.78 is 6.51. The van der Waals surface area contributed by atoms with E-state index in [0.717, 1.165) is 32.1 Å². The zero-order chi connectivity index (χ0) is 14.7. The molecule has 21 heavy (non-hydrogen) atoms. The summed E-state index contributed by atoms with van der Waals surface area (Å²) in [5.74, 6) is 1.37. The first-order valence-corrected chi connectivity index (χ1v) is 8.18. The van der Waals surface area contributed by atoms with Crippen molar-refractivity contribution >= 4 is 33.4 Å². The molecule has 0 aliphatic carbocycles. The van der Waals surface area contributed by atoms with Crippen molar-refractivity contribution in [3.63, 3.8) is 0 Å². The number of thioether (sulfide) groups is 1. The van der Waals surface area contributed by atoms with Crippen molar-refractivity contribution in [2.75, 3.05) is 5.73 Å². The van der Waals surface area contributed by atoms with Crippen LogP contribution in [0.5, 0.6) is 0 Å². The van der Waals surface area contributed by atoms with Crippen LogP contribution in [0.15, 0.2) is 68.6 Å². The fourth-order valence-electron chi connectivity index (χ4n) is 1.89. The van der Waals surface area contributed by atoms with Gasteiger partial charge in [-0.2, -0.15) is 0 Å². The largest absolute Gasteiger partial charge is 0.444 e. The lowest BCUT2D eigenvalue weighted by atomic mass is 10.2. The minimum Gasteiger partial charge on any atom is -0.444 e. The first kappa shape index (κ1) is 14.2. The van der Waals surface area contributed by atoms with E-state index in [1.165, 1.54) is 0 Å². The maximum absolute atomic E-state index is 5.99. The molecule has 1 aromatic heterocycles. The van der Waals surface area contributed by atoms with Crippen LogP contribution < -0.4 is 5.73 Å². The maximum Gasteiger partial charge on any atom is 0.226 e. The van der Waals surface area contributed by atoms with Gasteiger partial charge in [0.1, 0.15) is 6.26 Å². The van der Waals surface area contributed by atoms with Crippen molar-refractivity contribution in [3.8, 4) is 11.5 Å². The van der Waals surface area contributed by atoms with Crippen molar-refractivity contribution in [1.29, 1.82) is 0 Å². The van der Waals surface area contributed by atoms with E-state index in [1.807, 2.05) is 48.5 Å². The Hall–Kier alpha value is -1.72. The van der Waals surface area contributed by atoms with Crippen LogP contribution in [-0.4, -0.2) is 4.98 Å². The Morgan fingerprint density at radius 1 is 1.14 bits per heavy atom. The van der Waals surface area contributed by atoms with Gasteiger partial charge in [-0.15, -0.1) is 11.8 Å². The van der Waals surface area contributed by atoms with Gasteiger partial charge in [-0.25, -0.2) is 4.98 Å². The first-order chi connectivity index (χ1) is 10.2. The molecular weight excluding hydrogens is 348 g/mol.